The van der Waals surface area contributed by atoms with Crippen LogP contribution in [-0.2, 0) is 17.8 Å². The number of rotatable bonds is 5. The molecule has 0 saturated carbocycles. The molecule has 3 aromatic rings. The van der Waals surface area contributed by atoms with Gasteiger partial charge in [0.2, 0.25) is 17.6 Å². The Morgan fingerprint density at radius 1 is 1.15 bits per heavy atom. The van der Waals surface area contributed by atoms with Gasteiger partial charge in [0, 0.05) is 25.1 Å². The molecule has 1 amide bonds. The van der Waals surface area contributed by atoms with Crippen molar-refractivity contribution in [3.63, 3.8) is 0 Å². The number of hydrogen-bond acceptors (Lipinski definition) is 5. The molecule has 2 heterocycles. The summed E-state index contributed by atoms with van der Waals surface area (Å²) in [6, 6.07) is 11.8. The van der Waals surface area contributed by atoms with E-state index in [0.29, 0.717) is 30.2 Å². The van der Waals surface area contributed by atoms with Crippen LogP contribution >= 0.6 is 0 Å². The Balaban J connectivity index is 1.44. The predicted molar refractivity (Wildman–Crippen MR) is 95.3 cm³/mol. The maximum absolute atomic E-state index is 13.4. The monoisotopic (exact) mass is 367 g/mol. The van der Waals surface area contributed by atoms with Gasteiger partial charge in [-0.1, -0.05) is 35.5 Å². The molecular weight excluding hydrogens is 349 g/mol. The normalized spacial score (nSPS) is 14.1. The standard InChI is InChI=1S/C20H18FN3O3/c21-16-10-14(5-8-17(16)25)11-18-22-20(23-27-18)15-6-3-13(4-7-15)12-24-9-1-2-19(24)26/h3-8,10,25H,1-2,9,11-12H2. The second-order valence-corrected chi connectivity index (χ2v) is 6.59. The summed E-state index contributed by atoms with van der Waals surface area (Å²) < 4.78 is 18.7. The smallest absolute Gasteiger partial charge is 0.231 e. The molecule has 0 spiro atoms. The van der Waals surface area contributed by atoms with Gasteiger partial charge in [0.1, 0.15) is 0 Å². The van der Waals surface area contributed by atoms with Crippen LogP contribution in [0.25, 0.3) is 11.4 Å². The van der Waals surface area contributed by atoms with E-state index >= 15 is 0 Å². The Bertz CT molecular complexity index is 969. The van der Waals surface area contributed by atoms with Gasteiger partial charge in [-0.3, -0.25) is 4.79 Å². The van der Waals surface area contributed by atoms with Crippen LogP contribution in [0, 0.1) is 5.82 Å². The van der Waals surface area contributed by atoms with Crippen molar-refractivity contribution in [2.24, 2.45) is 0 Å². The number of phenols is 1. The zero-order valence-corrected chi connectivity index (χ0v) is 14.6. The van der Waals surface area contributed by atoms with Crippen molar-refractivity contribution in [1.29, 1.82) is 0 Å². The fraction of sp³-hybridized carbons (Fsp3) is 0.250. The second kappa shape index (κ2) is 7.19. The molecule has 1 fully saturated rings. The molecule has 0 atom stereocenters. The predicted octanol–water partition coefficient (Wildman–Crippen LogP) is 3.29. The minimum Gasteiger partial charge on any atom is -0.505 e. The van der Waals surface area contributed by atoms with E-state index in [4.69, 9.17) is 4.52 Å². The number of amides is 1. The van der Waals surface area contributed by atoms with Crippen molar-refractivity contribution in [1.82, 2.24) is 15.0 Å². The summed E-state index contributed by atoms with van der Waals surface area (Å²) in [7, 11) is 0. The third-order valence-electron chi connectivity index (χ3n) is 4.59. The van der Waals surface area contributed by atoms with Crippen LogP contribution in [0.1, 0.15) is 29.9 Å². The summed E-state index contributed by atoms with van der Waals surface area (Å²) >= 11 is 0. The molecule has 1 aromatic heterocycles. The largest absolute Gasteiger partial charge is 0.505 e. The average Bonchev–Trinajstić information content (AvgIpc) is 3.28. The van der Waals surface area contributed by atoms with Gasteiger partial charge in [-0.05, 0) is 29.7 Å². The van der Waals surface area contributed by atoms with E-state index < -0.39 is 5.82 Å². The average molecular weight is 367 g/mol. The number of carbonyl (C=O) groups is 1. The molecule has 0 bridgehead atoms. The van der Waals surface area contributed by atoms with Crippen molar-refractivity contribution in [3.05, 3.63) is 65.3 Å². The highest BCUT2D eigenvalue weighted by Crippen LogP contribution is 2.21. The fourth-order valence-electron chi connectivity index (χ4n) is 3.13. The maximum atomic E-state index is 13.4. The SMILES string of the molecule is O=C1CCCN1Cc1ccc(-c2noc(Cc3ccc(O)c(F)c3)n2)cc1. The third-order valence-corrected chi connectivity index (χ3v) is 4.59. The minimum absolute atomic E-state index is 0.201. The van der Waals surface area contributed by atoms with Gasteiger partial charge in [-0.2, -0.15) is 4.98 Å². The highest BCUT2D eigenvalue weighted by molar-refractivity contribution is 5.78. The van der Waals surface area contributed by atoms with E-state index in [1.165, 1.54) is 12.1 Å². The van der Waals surface area contributed by atoms with Crippen molar-refractivity contribution < 1.29 is 18.8 Å². The third kappa shape index (κ3) is 3.81. The molecule has 1 saturated heterocycles. The summed E-state index contributed by atoms with van der Waals surface area (Å²) in [6.07, 6.45) is 1.83. The van der Waals surface area contributed by atoms with Gasteiger partial charge in [0.25, 0.3) is 0 Å². The Labute approximate surface area is 155 Å². The first-order valence-corrected chi connectivity index (χ1v) is 8.75. The molecule has 4 rings (SSSR count). The summed E-state index contributed by atoms with van der Waals surface area (Å²) in [6.45, 7) is 1.43. The topological polar surface area (TPSA) is 79.5 Å². The Kier molecular flexibility index (Phi) is 4.58. The van der Waals surface area contributed by atoms with Crippen molar-refractivity contribution in [3.8, 4) is 17.1 Å². The molecule has 1 N–H and O–H groups in total. The quantitative estimate of drug-likeness (QED) is 0.749. The highest BCUT2D eigenvalue weighted by Gasteiger charge is 2.20. The molecule has 27 heavy (non-hydrogen) atoms. The molecule has 0 aliphatic carbocycles. The van der Waals surface area contributed by atoms with E-state index in [0.717, 1.165) is 24.1 Å². The minimum atomic E-state index is -0.681. The van der Waals surface area contributed by atoms with Gasteiger partial charge in [-0.15, -0.1) is 0 Å². The molecule has 1 aliphatic heterocycles. The van der Waals surface area contributed by atoms with Crippen LogP contribution < -0.4 is 0 Å². The molecule has 2 aromatic carbocycles. The van der Waals surface area contributed by atoms with Gasteiger partial charge < -0.3 is 14.5 Å². The molecule has 6 nitrogen and oxygen atoms in total. The van der Waals surface area contributed by atoms with Crippen LogP contribution in [0.15, 0.2) is 47.0 Å². The van der Waals surface area contributed by atoms with Gasteiger partial charge in [0.15, 0.2) is 11.6 Å². The molecule has 0 unspecified atom stereocenters. The number of nitrogens with zero attached hydrogens (tertiary/aromatic N) is 3. The first-order chi connectivity index (χ1) is 13.1. The number of aromatic hydroxyl groups is 1. The Hall–Kier alpha value is -3.22. The number of phenolic OH excluding ortho intramolecular Hbond substituents is 1. The summed E-state index contributed by atoms with van der Waals surface area (Å²) in [5.74, 6) is -0.0533. The van der Waals surface area contributed by atoms with Crippen LogP contribution in [-0.4, -0.2) is 32.6 Å². The lowest BCUT2D eigenvalue weighted by molar-refractivity contribution is -0.128. The lowest BCUT2D eigenvalue weighted by atomic mass is 10.1. The van der Waals surface area contributed by atoms with Gasteiger partial charge >= 0.3 is 0 Å². The lowest BCUT2D eigenvalue weighted by Gasteiger charge is -2.15. The summed E-state index contributed by atoms with van der Waals surface area (Å²) in [5.41, 5.74) is 2.49. The first-order valence-electron chi connectivity index (χ1n) is 8.75. The fourth-order valence-corrected chi connectivity index (χ4v) is 3.13. The zero-order chi connectivity index (χ0) is 18.8. The van der Waals surface area contributed by atoms with Gasteiger partial charge in [0.05, 0.1) is 6.42 Å². The summed E-state index contributed by atoms with van der Waals surface area (Å²) in [5, 5.41) is 13.2. The molecule has 7 heteroatoms. The van der Waals surface area contributed by atoms with Crippen LogP contribution in [0.4, 0.5) is 4.39 Å². The van der Waals surface area contributed by atoms with Crippen LogP contribution in [0.3, 0.4) is 0 Å². The van der Waals surface area contributed by atoms with Crippen molar-refractivity contribution >= 4 is 5.91 Å². The first kappa shape index (κ1) is 17.2. The molecule has 1 aliphatic rings. The second-order valence-electron chi connectivity index (χ2n) is 6.59. The van der Waals surface area contributed by atoms with E-state index in [2.05, 4.69) is 10.1 Å². The number of benzene rings is 2. The summed E-state index contributed by atoms with van der Waals surface area (Å²) in [4.78, 5) is 17.9. The van der Waals surface area contributed by atoms with Crippen molar-refractivity contribution in [2.75, 3.05) is 6.54 Å². The van der Waals surface area contributed by atoms with E-state index in [1.807, 2.05) is 29.2 Å². The molecule has 0 radical (unpaired) electrons. The number of likely N-dealkylation sites (tertiary alicyclic amines) is 1. The maximum Gasteiger partial charge on any atom is 0.231 e. The number of hydrogen-bond donors (Lipinski definition) is 1. The zero-order valence-electron chi connectivity index (χ0n) is 14.6. The highest BCUT2D eigenvalue weighted by atomic mass is 19.1. The molecule has 138 valence electrons. The van der Waals surface area contributed by atoms with E-state index in [9.17, 15) is 14.3 Å². The van der Waals surface area contributed by atoms with Crippen LogP contribution in [0.2, 0.25) is 0 Å². The van der Waals surface area contributed by atoms with Crippen LogP contribution in [0.5, 0.6) is 5.75 Å². The number of carbonyl (C=O) groups excluding carboxylic acids is 1. The number of halogens is 1. The van der Waals surface area contributed by atoms with E-state index in [1.54, 1.807) is 6.07 Å². The Morgan fingerprint density at radius 2 is 1.93 bits per heavy atom. The molecular formula is C20H18FN3O3. The Morgan fingerprint density at radius 3 is 2.63 bits per heavy atom. The number of aromatic nitrogens is 2. The van der Waals surface area contributed by atoms with Crippen molar-refractivity contribution in [2.45, 2.75) is 25.8 Å². The van der Waals surface area contributed by atoms with E-state index in [-0.39, 0.29) is 18.1 Å². The lowest BCUT2D eigenvalue weighted by Crippen LogP contribution is -2.23. The van der Waals surface area contributed by atoms with Gasteiger partial charge in [-0.25, -0.2) is 4.39 Å².